The number of piperazine rings is 1. The van der Waals surface area contributed by atoms with Gasteiger partial charge in [0.1, 0.15) is 5.75 Å². The highest BCUT2D eigenvalue weighted by molar-refractivity contribution is 5.94. The van der Waals surface area contributed by atoms with Gasteiger partial charge in [-0.15, -0.1) is 0 Å². The number of anilines is 1. The number of hydrogen-bond acceptors (Lipinski definition) is 4. The third-order valence-corrected chi connectivity index (χ3v) is 6.07. The summed E-state index contributed by atoms with van der Waals surface area (Å²) in [6, 6.07) is 26.2. The molecule has 0 aliphatic carbocycles. The number of hydrogen-bond donors (Lipinski definition) is 1. The van der Waals surface area contributed by atoms with E-state index in [2.05, 4.69) is 39.4 Å². The van der Waals surface area contributed by atoms with Crippen LogP contribution in [0.1, 0.15) is 34.5 Å². The number of nitrogens with zero attached hydrogens (tertiary/aromatic N) is 2. The van der Waals surface area contributed by atoms with E-state index in [1.807, 2.05) is 61.5 Å². The highest BCUT2D eigenvalue weighted by Gasteiger charge is 2.19. The fraction of sp³-hybridized carbons (Fsp3) is 0.296. The summed E-state index contributed by atoms with van der Waals surface area (Å²) in [5.74, 6) is 0.884. The molecule has 1 fully saturated rings. The van der Waals surface area contributed by atoms with Gasteiger partial charge in [0.25, 0.3) is 5.91 Å². The summed E-state index contributed by atoms with van der Waals surface area (Å²) in [4.78, 5) is 17.5. The zero-order valence-corrected chi connectivity index (χ0v) is 18.8. The topological polar surface area (TPSA) is 44.8 Å². The molecule has 3 aromatic rings. The molecule has 166 valence electrons. The molecule has 0 aromatic heterocycles. The van der Waals surface area contributed by atoms with Gasteiger partial charge in [-0.25, -0.2) is 0 Å². The van der Waals surface area contributed by atoms with Crippen molar-refractivity contribution in [3.05, 3.63) is 95.6 Å². The van der Waals surface area contributed by atoms with Crippen LogP contribution in [0.5, 0.6) is 5.75 Å². The van der Waals surface area contributed by atoms with Crippen LogP contribution in [-0.2, 0) is 6.54 Å². The summed E-state index contributed by atoms with van der Waals surface area (Å²) in [5, 5.41) is 3.08. The van der Waals surface area contributed by atoms with Crippen molar-refractivity contribution in [1.29, 1.82) is 0 Å². The normalized spacial score (nSPS) is 15.2. The van der Waals surface area contributed by atoms with Crippen molar-refractivity contribution in [2.75, 3.05) is 38.2 Å². The number of nitrogens with one attached hydrogen (secondary N) is 1. The van der Waals surface area contributed by atoms with Gasteiger partial charge >= 0.3 is 0 Å². The van der Waals surface area contributed by atoms with Gasteiger partial charge in [-0.05, 0) is 42.3 Å². The first-order chi connectivity index (χ1) is 15.6. The molecule has 5 heteroatoms. The third-order valence-electron chi connectivity index (χ3n) is 6.07. The number of ether oxygens (including phenoxy) is 1. The number of carbonyl (C=O) groups is 1. The van der Waals surface area contributed by atoms with Crippen molar-refractivity contribution in [3.8, 4) is 5.75 Å². The number of methoxy groups -OCH3 is 1. The lowest BCUT2D eigenvalue weighted by Crippen LogP contribution is -2.46. The lowest BCUT2D eigenvalue weighted by molar-refractivity contribution is 0.0940. The van der Waals surface area contributed by atoms with Crippen LogP contribution in [0.4, 0.5) is 5.69 Å². The number of rotatable bonds is 7. The largest absolute Gasteiger partial charge is 0.495 e. The molecule has 0 spiro atoms. The van der Waals surface area contributed by atoms with E-state index in [1.165, 1.54) is 5.56 Å². The summed E-state index contributed by atoms with van der Waals surface area (Å²) in [6.07, 6.45) is 0. The highest BCUT2D eigenvalue weighted by atomic mass is 16.5. The molecular weight excluding hydrogens is 398 g/mol. The van der Waals surface area contributed by atoms with Gasteiger partial charge in [-0.1, -0.05) is 54.6 Å². The van der Waals surface area contributed by atoms with E-state index >= 15 is 0 Å². The molecule has 0 saturated carbocycles. The Hall–Kier alpha value is -3.31. The van der Waals surface area contributed by atoms with Gasteiger partial charge in [0.05, 0.1) is 18.8 Å². The van der Waals surface area contributed by atoms with Crippen molar-refractivity contribution < 1.29 is 9.53 Å². The number of carbonyl (C=O) groups excluding carboxylic acids is 1. The number of amides is 1. The summed E-state index contributed by atoms with van der Waals surface area (Å²) < 4.78 is 5.51. The lowest BCUT2D eigenvalue weighted by atomic mass is 10.1. The molecule has 1 aliphatic rings. The van der Waals surface area contributed by atoms with Gasteiger partial charge in [0.2, 0.25) is 0 Å². The molecule has 0 bridgehead atoms. The molecule has 1 heterocycles. The van der Waals surface area contributed by atoms with Crippen LogP contribution in [-0.4, -0.2) is 44.1 Å². The van der Waals surface area contributed by atoms with E-state index in [1.54, 1.807) is 7.11 Å². The van der Waals surface area contributed by atoms with Crippen LogP contribution in [0.25, 0.3) is 0 Å². The predicted octanol–water partition coefficient (Wildman–Crippen LogP) is 4.51. The van der Waals surface area contributed by atoms with Crippen molar-refractivity contribution >= 4 is 11.6 Å². The lowest BCUT2D eigenvalue weighted by Gasteiger charge is -2.36. The Bertz CT molecular complexity index is 1010. The standard InChI is InChI=1S/C27H31N3O2/c1-21(23-8-4-3-5-9-23)28-27(31)24-14-12-22(13-15-24)20-29-16-18-30(19-17-29)25-10-6-7-11-26(25)32-2/h3-15,21H,16-20H2,1-2H3,(H,28,31). The van der Waals surface area contributed by atoms with Crippen LogP contribution in [0.15, 0.2) is 78.9 Å². The molecule has 5 nitrogen and oxygen atoms in total. The third kappa shape index (κ3) is 5.29. The van der Waals surface area contributed by atoms with Gasteiger partial charge in [0, 0.05) is 38.3 Å². The van der Waals surface area contributed by atoms with Crippen molar-refractivity contribution in [1.82, 2.24) is 10.2 Å². The van der Waals surface area contributed by atoms with E-state index in [9.17, 15) is 4.79 Å². The smallest absolute Gasteiger partial charge is 0.251 e. The Morgan fingerprint density at radius 3 is 2.25 bits per heavy atom. The fourth-order valence-corrected chi connectivity index (χ4v) is 4.16. The zero-order valence-electron chi connectivity index (χ0n) is 18.8. The molecular formula is C27H31N3O2. The maximum Gasteiger partial charge on any atom is 0.251 e. The summed E-state index contributed by atoms with van der Waals surface area (Å²) in [6.45, 7) is 6.83. The van der Waals surface area contributed by atoms with Crippen LogP contribution in [0, 0.1) is 0 Å². The highest BCUT2D eigenvalue weighted by Crippen LogP contribution is 2.28. The molecule has 3 aromatic carbocycles. The van der Waals surface area contributed by atoms with Gasteiger partial charge < -0.3 is 15.0 Å². The Labute approximate surface area is 190 Å². The average molecular weight is 430 g/mol. The fourth-order valence-electron chi connectivity index (χ4n) is 4.16. The molecule has 1 N–H and O–H groups in total. The van der Waals surface area contributed by atoms with Crippen molar-refractivity contribution in [2.45, 2.75) is 19.5 Å². The van der Waals surface area contributed by atoms with Gasteiger partial charge in [-0.2, -0.15) is 0 Å². The maximum absolute atomic E-state index is 12.6. The van der Waals surface area contributed by atoms with Crippen LogP contribution in [0.3, 0.4) is 0 Å². The Kier molecular flexibility index (Phi) is 7.07. The maximum atomic E-state index is 12.6. The Morgan fingerprint density at radius 2 is 1.56 bits per heavy atom. The van der Waals surface area contributed by atoms with Crippen molar-refractivity contribution in [3.63, 3.8) is 0 Å². The minimum atomic E-state index is -0.0432. The molecule has 1 atom stereocenters. The van der Waals surface area contributed by atoms with E-state index in [0.717, 1.165) is 49.7 Å². The first kappa shape index (κ1) is 21.9. The molecule has 1 aliphatic heterocycles. The molecule has 4 rings (SSSR count). The molecule has 32 heavy (non-hydrogen) atoms. The van der Waals surface area contributed by atoms with E-state index < -0.39 is 0 Å². The van der Waals surface area contributed by atoms with E-state index in [4.69, 9.17) is 4.74 Å². The molecule has 1 unspecified atom stereocenters. The first-order valence-electron chi connectivity index (χ1n) is 11.2. The minimum absolute atomic E-state index is 0.0251. The first-order valence-corrected chi connectivity index (χ1v) is 11.2. The quantitative estimate of drug-likeness (QED) is 0.600. The SMILES string of the molecule is COc1ccccc1N1CCN(Cc2ccc(C(=O)NC(C)c3ccccc3)cc2)CC1. The van der Waals surface area contributed by atoms with Gasteiger partial charge in [-0.3, -0.25) is 9.69 Å². The van der Waals surface area contributed by atoms with E-state index in [-0.39, 0.29) is 11.9 Å². The predicted molar refractivity (Wildman–Crippen MR) is 129 cm³/mol. The van der Waals surface area contributed by atoms with Crippen LogP contribution in [0.2, 0.25) is 0 Å². The summed E-state index contributed by atoms with van der Waals surface area (Å²) in [5.41, 5.74) is 4.18. The monoisotopic (exact) mass is 429 g/mol. The number of benzene rings is 3. The second-order valence-electron chi connectivity index (χ2n) is 8.24. The summed E-state index contributed by atoms with van der Waals surface area (Å²) in [7, 11) is 1.72. The molecule has 0 radical (unpaired) electrons. The van der Waals surface area contributed by atoms with Crippen LogP contribution >= 0.6 is 0 Å². The van der Waals surface area contributed by atoms with Gasteiger partial charge in [0.15, 0.2) is 0 Å². The average Bonchev–Trinajstić information content (AvgIpc) is 2.85. The van der Waals surface area contributed by atoms with Crippen LogP contribution < -0.4 is 15.0 Å². The molecule has 1 amide bonds. The molecule has 1 saturated heterocycles. The zero-order chi connectivity index (χ0) is 22.3. The Balaban J connectivity index is 1.29. The second-order valence-corrected chi connectivity index (χ2v) is 8.24. The van der Waals surface area contributed by atoms with E-state index in [0.29, 0.717) is 5.56 Å². The minimum Gasteiger partial charge on any atom is -0.495 e. The van der Waals surface area contributed by atoms with Crippen molar-refractivity contribution in [2.24, 2.45) is 0 Å². The Morgan fingerprint density at radius 1 is 0.906 bits per heavy atom. The summed E-state index contributed by atoms with van der Waals surface area (Å²) >= 11 is 0. The second kappa shape index (κ2) is 10.3. The number of para-hydroxylation sites is 2.